The van der Waals surface area contributed by atoms with Crippen LogP contribution in [-0.2, 0) is 0 Å². The fourth-order valence-corrected chi connectivity index (χ4v) is 2.34. The molecule has 6 heteroatoms. The first-order chi connectivity index (χ1) is 10.7. The summed E-state index contributed by atoms with van der Waals surface area (Å²) in [6, 6.07) is 9.12. The molecular formula is C16H15FN4O. The highest BCUT2D eigenvalue weighted by molar-refractivity contribution is 5.89. The third kappa shape index (κ3) is 3.11. The van der Waals surface area contributed by atoms with E-state index in [1.165, 1.54) is 6.33 Å². The van der Waals surface area contributed by atoms with Gasteiger partial charge in [0, 0.05) is 18.8 Å². The van der Waals surface area contributed by atoms with Crippen LogP contribution in [-0.4, -0.2) is 34.0 Å². The van der Waals surface area contributed by atoms with Crippen LogP contribution in [0.4, 0.5) is 14.9 Å². The topological polar surface area (TPSA) is 58.1 Å². The molecule has 1 aromatic carbocycles. The predicted octanol–water partition coefficient (Wildman–Crippen LogP) is 2.94. The van der Waals surface area contributed by atoms with E-state index in [0.29, 0.717) is 25.2 Å². The van der Waals surface area contributed by atoms with E-state index in [1.54, 1.807) is 4.90 Å². The van der Waals surface area contributed by atoms with Gasteiger partial charge in [0.15, 0.2) is 5.82 Å². The Bertz CT molecular complexity index is 702. The minimum Gasteiger partial charge on any atom is -0.320 e. The van der Waals surface area contributed by atoms with Crippen LogP contribution < -0.4 is 5.32 Å². The van der Waals surface area contributed by atoms with Crippen molar-refractivity contribution in [1.29, 1.82) is 0 Å². The fraction of sp³-hybridized carbons (Fsp3) is 0.188. The van der Waals surface area contributed by atoms with Crippen LogP contribution in [0, 0.1) is 5.82 Å². The van der Waals surface area contributed by atoms with E-state index in [2.05, 4.69) is 15.3 Å². The molecule has 0 atom stereocenters. The normalized spacial score (nSPS) is 14.4. The maximum Gasteiger partial charge on any atom is 0.322 e. The first-order valence-corrected chi connectivity index (χ1v) is 7.00. The number of carbonyl (C=O) groups excluding carboxylic acids is 1. The van der Waals surface area contributed by atoms with Gasteiger partial charge in [0.25, 0.3) is 0 Å². The van der Waals surface area contributed by atoms with Crippen molar-refractivity contribution in [3.63, 3.8) is 0 Å². The molecule has 0 unspecified atom stereocenters. The van der Waals surface area contributed by atoms with E-state index < -0.39 is 5.82 Å². The maximum atomic E-state index is 13.7. The van der Waals surface area contributed by atoms with Gasteiger partial charge in [-0.1, -0.05) is 24.3 Å². The molecule has 0 spiro atoms. The number of hydrogen-bond acceptors (Lipinski definition) is 3. The van der Waals surface area contributed by atoms with Crippen molar-refractivity contribution in [1.82, 2.24) is 14.9 Å². The van der Waals surface area contributed by atoms with Crippen molar-refractivity contribution >= 4 is 17.3 Å². The van der Waals surface area contributed by atoms with E-state index in [9.17, 15) is 9.18 Å². The molecule has 1 aromatic heterocycles. The lowest BCUT2D eigenvalue weighted by Gasteiger charge is -2.26. The van der Waals surface area contributed by atoms with Gasteiger partial charge >= 0.3 is 6.03 Å². The number of aromatic nitrogens is 2. The highest BCUT2D eigenvalue weighted by Crippen LogP contribution is 2.22. The number of amides is 2. The zero-order valence-corrected chi connectivity index (χ0v) is 11.9. The summed E-state index contributed by atoms with van der Waals surface area (Å²) < 4.78 is 13.7. The van der Waals surface area contributed by atoms with Gasteiger partial charge in [0.2, 0.25) is 0 Å². The smallest absolute Gasteiger partial charge is 0.320 e. The van der Waals surface area contributed by atoms with Gasteiger partial charge < -0.3 is 10.2 Å². The largest absolute Gasteiger partial charge is 0.322 e. The Labute approximate surface area is 127 Å². The highest BCUT2D eigenvalue weighted by atomic mass is 19.1. The van der Waals surface area contributed by atoms with E-state index in [-0.39, 0.29) is 6.03 Å². The lowest BCUT2D eigenvalue weighted by molar-refractivity contribution is 0.217. The number of anilines is 1. The van der Waals surface area contributed by atoms with Crippen LogP contribution in [0.15, 0.2) is 48.9 Å². The number of hydrogen-bond donors (Lipinski definition) is 1. The van der Waals surface area contributed by atoms with Crippen molar-refractivity contribution < 1.29 is 9.18 Å². The Hall–Kier alpha value is -2.76. The Kier molecular flexibility index (Phi) is 4.09. The summed E-state index contributed by atoms with van der Waals surface area (Å²) in [5.41, 5.74) is 1.88. The van der Waals surface area contributed by atoms with Crippen molar-refractivity contribution in [3.8, 4) is 0 Å². The molecule has 0 fully saturated rings. The van der Waals surface area contributed by atoms with Gasteiger partial charge in [-0.25, -0.2) is 19.2 Å². The molecule has 22 heavy (non-hydrogen) atoms. The number of halogens is 1. The molecular weight excluding hydrogens is 283 g/mol. The summed E-state index contributed by atoms with van der Waals surface area (Å²) in [6.45, 7) is 0.950. The second kappa shape index (κ2) is 6.34. The van der Waals surface area contributed by atoms with Gasteiger partial charge in [-0.15, -0.1) is 0 Å². The average Bonchev–Trinajstić information content (AvgIpc) is 2.56. The lowest BCUT2D eigenvalue weighted by atomic mass is 10.0. The van der Waals surface area contributed by atoms with E-state index in [1.807, 2.05) is 36.4 Å². The van der Waals surface area contributed by atoms with Crippen molar-refractivity contribution in [2.45, 2.75) is 6.42 Å². The molecule has 2 amide bonds. The SMILES string of the molecule is O=C(Nc1ccccc1)N1CC=C(c2ncncc2F)CC1. The molecule has 1 aliphatic heterocycles. The van der Waals surface area contributed by atoms with Crippen molar-refractivity contribution in [2.75, 3.05) is 18.4 Å². The van der Waals surface area contributed by atoms with Crippen LogP contribution in [0.1, 0.15) is 12.1 Å². The molecule has 0 saturated carbocycles. The first-order valence-electron chi connectivity index (χ1n) is 7.00. The quantitative estimate of drug-likeness (QED) is 0.927. The molecule has 0 saturated heterocycles. The standard InChI is InChI=1S/C16H15FN4O/c17-14-10-18-11-19-15(14)12-6-8-21(9-7-12)16(22)20-13-4-2-1-3-5-13/h1-6,10-11H,7-9H2,(H,20,22). The Morgan fingerprint density at radius 2 is 2.09 bits per heavy atom. The molecule has 1 aliphatic rings. The zero-order chi connectivity index (χ0) is 15.4. The summed E-state index contributed by atoms with van der Waals surface area (Å²) in [4.78, 5) is 21.4. The third-order valence-corrected chi connectivity index (χ3v) is 3.49. The second-order valence-electron chi connectivity index (χ2n) is 4.94. The predicted molar refractivity (Wildman–Crippen MR) is 81.6 cm³/mol. The molecule has 0 aliphatic carbocycles. The zero-order valence-electron chi connectivity index (χ0n) is 11.9. The summed E-state index contributed by atoms with van der Waals surface area (Å²) in [5, 5.41) is 2.84. The minimum absolute atomic E-state index is 0.162. The number of nitrogens with zero attached hydrogens (tertiary/aromatic N) is 3. The Morgan fingerprint density at radius 1 is 1.27 bits per heavy atom. The number of urea groups is 1. The number of carbonyl (C=O) groups is 1. The van der Waals surface area contributed by atoms with Gasteiger partial charge in [0.1, 0.15) is 12.0 Å². The van der Waals surface area contributed by atoms with E-state index >= 15 is 0 Å². The third-order valence-electron chi connectivity index (χ3n) is 3.49. The second-order valence-corrected chi connectivity index (χ2v) is 4.94. The van der Waals surface area contributed by atoms with Crippen LogP contribution in [0.3, 0.4) is 0 Å². The van der Waals surface area contributed by atoms with Crippen LogP contribution in [0.2, 0.25) is 0 Å². The summed E-state index contributed by atoms with van der Waals surface area (Å²) in [7, 11) is 0. The van der Waals surface area contributed by atoms with Crippen LogP contribution in [0.5, 0.6) is 0 Å². The summed E-state index contributed by atoms with van der Waals surface area (Å²) in [5.74, 6) is -0.434. The van der Waals surface area contributed by atoms with Crippen LogP contribution in [0.25, 0.3) is 5.57 Å². The fourth-order valence-electron chi connectivity index (χ4n) is 2.34. The molecule has 2 heterocycles. The molecule has 2 aromatic rings. The summed E-state index contributed by atoms with van der Waals surface area (Å²) in [6.07, 6.45) is 4.88. The lowest BCUT2D eigenvalue weighted by Crippen LogP contribution is -2.38. The first kappa shape index (κ1) is 14.2. The van der Waals surface area contributed by atoms with Crippen molar-refractivity contribution in [2.24, 2.45) is 0 Å². The number of para-hydroxylation sites is 1. The number of rotatable bonds is 2. The number of benzene rings is 1. The molecule has 3 rings (SSSR count). The van der Waals surface area contributed by atoms with Gasteiger partial charge in [-0.2, -0.15) is 0 Å². The minimum atomic E-state index is -0.434. The molecule has 1 N–H and O–H groups in total. The average molecular weight is 298 g/mol. The van der Waals surface area contributed by atoms with E-state index in [4.69, 9.17) is 0 Å². The Balaban J connectivity index is 1.66. The maximum absolute atomic E-state index is 13.7. The number of nitrogens with one attached hydrogen (secondary N) is 1. The van der Waals surface area contributed by atoms with Crippen LogP contribution >= 0.6 is 0 Å². The molecule has 0 radical (unpaired) electrons. The molecule has 112 valence electrons. The van der Waals surface area contributed by atoms with Crippen molar-refractivity contribution in [3.05, 3.63) is 60.4 Å². The molecule has 5 nitrogen and oxygen atoms in total. The summed E-state index contributed by atoms with van der Waals surface area (Å²) >= 11 is 0. The van der Waals surface area contributed by atoms with Gasteiger partial charge in [-0.3, -0.25) is 0 Å². The van der Waals surface area contributed by atoms with E-state index in [0.717, 1.165) is 17.5 Å². The molecule has 0 bridgehead atoms. The highest BCUT2D eigenvalue weighted by Gasteiger charge is 2.20. The Morgan fingerprint density at radius 3 is 2.77 bits per heavy atom. The monoisotopic (exact) mass is 298 g/mol. The van der Waals surface area contributed by atoms with Gasteiger partial charge in [-0.05, 0) is 24.1 Å². The van der Waals surface area contributed by atoms with Gasteiger partial charge in [0.05, 0.1) is 6.20 Å².